The zero-order valence-corrected chi connectivity index (χ0v) is 9.03. The third kappa shape index (κ3) is 2.94. The SMILES string of the molecule is COCc1cccc(OC2CCNC2)c1. The normalized spacial score (nSPS) is 20.5. The second-order valence-corrected chi connectivity index (χ2v) is 3.81. The summed E-state index contributed by atoms with van der Waals surface area (Å²) in [7, 11) is 1.70. The van der Waals surface area contributed by atoms with E-state index in [1.165, 1.54) is 0 Å². The molecule has 2 rings (SSSR count). The van der Waals surface area contributed by atoms with E-state index in [1.54, 1.807) is 7.11 Å². The molecule has 1 N–H and O–H groups in total. The van der Waals surface area contributed by atoms with Crippen LogP contribution >= 0.6 is 0 Å². The van der Waals surface area contributed by atoms with Gasteiger partial charge in [0, 0.05) is 13.7 Å². The van der Waals surface area contributed by atoms with Gasteiger partial charge in [-0.2, -0.15) is 0 Å². The topological polar surface area (TPSA) is 30.5 Å². The van der Waals surface area contributed by atoms with E-state index in [1.807, 2.05) is 24.3 Å². The number of rotatable bonds is 4. The second-order valence-electron chi connectivity index (χ2n) is 3.81. The average Bonchev–Trinajstić information content (AvgIpc) is 2.71. The Morgan fingerprint density at radius 1 is 1.47 bits per heavy atom. The molecule has 1 aliphatic rings. The summed E-state index contributed by atoms with van der Waals surface area (Å²) < 4.78 is 10.9. The molecule has 3 heteroatoms. The molecule has 15 heavy (non-hydrogen) atoms. The summed E-state index contributed by atoms with van der Waals surface area (Å²) in [5.41, 5.74) is 1.15. The monoisotopic (exact) mass is 207 g/mol. The number of methoxy groups -OCH3 is 1. The maximum absolute atomic E-state index is 5.84. The van der Waals surface area contributed by atoms with Gasteiger partial charge in [0.25, 0.3) is 0 Å². The zero-order valence-electron chi connectivity index (χ0n) is 9.03. The van der Waals surface area contributed by atoms with E-state index in [0.29, 0.717) is 12.7 Å². The van der Waals surface area contributed by atoms with Gasteiger partial charge in [-0.1, -0.05) is 12.1 Å². The first kappa shape index (κ1) is 10.5. The molecule has 1 unspecified atom stereocenters. The lowest BCUT2D eigenvalue weighted by Gasteiger charge is -2.13. The zero-order chi connectivity index (χ0) is 10.5. The van der Waals surface area contributed by atoms with Crippen LogP contribution in [-0.2, 0) is 11.3 Å². The van der Waals surface area contributed by atoms with Gasteiger partial charge >= 0.3 is 0 Å². The summed E-state index contributed by atoms with van der Waals surface area (Å²) in [6, 6.07) is 8.09. The van der Waals surface area contributed by atoms with Crippen molar-refractivity contribution >= 4 is 0 Å². The van der Waals surface area contributed by atoms with E-state index in [9.17, 15) is 0 Å². The molecular formula is C12H17NO2. The van der Waals surface area contributed by atoms with Crippen LogP contribution in [0.25, 0.3) is 0 Å². The Kier molecular flexibility index (Phi) is 3.59. The van der Waals surface area contributed by atoms with Crippen LogP contribution in [0.5, 0.6) is 5.75 Å². The highest BCUT2D eigenvalue weighted by atomic mass is 16.5. The predicted molar refractivity (Wildman–Crippen MR) is 59.1 cm³/mol. The molecule has 0 spiro atoms. The van der Waals surface area contributed by atoms with Gasteiger partial charge in [-0.15, -0.1) is 0 Å². The highest BCUT2D eigenvalue weighted by Gasteiger charge is 2.15. The number of hydrogen-bond acceptors (Lipinski definition) is 3. The van der Waals surface area contributed by atoms with Crippen LogP contribution in [0.3, 0.4) is 0 Å². The Bertz CT molecular complexity index is 308. The van der Waals surface area contributed by atoms with Crippen molar-refractivity contribution in [2.24, 2.45) is 0 Å². The summed E-state index contributed by atoms with van der Waals surface area (Å²) in [4.78, 5) is 0. The van der Waals surface area contributed by atoms with Gasteiger partial charge in [-0.3, -0.25) is 0 Å². The lowest BCUT2D eigenvalue weighted by Crippen LogP contribution is -2.19. The molecular weight excluding hydrogens is 190 g/mol. The summed E-state index contributed by atoms with van der Waals surface area (Å²) in [6.07, 6.45) is 1.41. The minimum atomic E-state index is 0.322. The Morgan fingerprint density at radius 2 is 2.40 bits per heavy atom. The van der Waals surface area contributed by atoms with Gasteiger partial charge in [0.1, 0.15) is 11.9 Å². The van der Waals surface area contributed by atoms with Crippen molar-refractivity contribution in [3.05, 3.63) is 29.8 Å². The summed E-state index contributed by atoms with van der Waals surface area (Å²) in [6.45, 7) is 2.65. The fourth-order valence-electron chi connectivity index (χ4n) is 1.80. The van der Waals surface area contributed by atoms with Crippen LogP contribution in [-0.4, -0.2) is 26.3 Å². The van der Waals surface area contributed by atoms with E-state index in [4.69, 9.17) is 9.47 Å². The van der Waals surface area contributed by atoms with Crippen LogP contribution in [0, 0.1) is 0 Å². The largest absolute Gasteiger partial charge is 0.489 e. The van der Waals surface area contributed by atoms with Gasteiger partial charge in [-0.25, -0.2) is 0 Å². The van der Waals surface area contributed by atoms with Gasteiger partial charge in [0.15, 0.2) is 0 Å². The van der Waals surface area contributed by atoms with Gasteiger partial charge < -0.3 is 14.8 Å². The number of benzene rings is 1. The van der Waals surface area contributed by atoms with Gasteiger partial charge in [0.05, 0.1) is 6.61 Å². The van der Waals surface area contributed by atoms with Crippen molar-refractivity contribution in [1.82, 2.24) is 5.32 Å². The van der Waals surface area contributed by atoms with Crippen LogP contribution in [0.2, 0.25) is 0 Å². The first-order valence-electron chi connectivity index (χ1n) is 5.34. The molecule has 0 bridgehead atoms. The fraction of sp³-hybridized carbons (Fsp3) is 0.500. The van der Waals surface area contributed by atoms with Crippen molar-refractivity contribution in [1.29, 1.82) is 0 Å². The molecule has 1 aliphatic heterocycles. The fourth-order valence-corrected chi connectivity index (χ4v) is 1.80. The number of hydrogen-bond donors (Lipinski definition) is 1. The third-order valence-corrected chi connectivity index (χ3v) is 2.53. The quantitative estimate of drug-likeness (QED) is 0.813. The highest BCUT2D eigenvalue weighted by Crippen LogP contribution is 2.17. The first-order chi connectivity index (χ1) is 7.38. The van der Waals surface area contributed by atoms with Crippen molar-refractivity contribution in [2.45, 2.75) is 19.1 Å². The maximum atomic E-state index is 5.84. The van der Waals surface area contributed by atoms with Crippen molar-refractivity contribution in [3.63, 3.8) is 0 Å². The molecule has 1 aromatic rings. The molecule has 0 aromatic heterocycles. The predicted octanol–water partition coefficient (Wildman–Crippen LogP) is 1.57. The van der Waals surface area contributed by atoms with Crippen molar-refractivity contribution in [2.75, 3.05) is 20.2 Å². The molecule has 1 fully saturated rings. The van der Waals surface area contributed by atoms with Crippen LogP contribution < -0.4 is 10.1 Å². The third-order valence-electron chi connectivity index (χ3n) is 2.53. The molecule has 0 aliphatic carbocycles. The molecule has 0 radical (unpaired) electrons. The number of nitrogens with one attached hydrogen (secondary N) is 1. The summed E-state index contributed by atoms with van der Waals surface area (Å²) in [5.74, 6) is 0.943. The second kappa shape index (κ2) is 5.14. The molecule has 1 heterocycles. The molecule has 1 atom stereocenters. The smallest absolute Gasteiger partial charge is 0.120 e. The minimum absolute atomic E-state index is 0.322. The summed E-state index contributed by atoms with van der Waals surface area (Å²) in [5, 5.41) is 3.28. The Morgan fingerprint density at radius 3 is 3.13 bits per heavy atom. The Labute approximate surface area is 90.4 Å². The Balaban J connectivity index is 1.97. The van der Waals surface area contributed by atoms with Crippen LogP contribution in [0.1, 0.15) is 12.0 Å². The first-order valence-corrected chi connectivity index (χ1v) is 5.34. The van der Waals surface area contributed by atoms with Crippen molar-refractivity contribution < 1.29 is 9.47 Å². The molecule has 0 saturated carbocycles. The van der Waals surface area contributed by atoms with Gasteiger partial charge in [0.2, 0.25) is 0 Å². The summed E-state index contributed by atoms with van der Waals surface area (Å²) >= 11 is 0. The van der Waals surface area contributed by atoms with E-state index in [2.05, 4.69) is 5.32 Å². The Hall–Kier alpha value is -1.06. The molecule has 1 aromatic carbocycles. The van der Waals surface area contributed by atoms with E-state index in [0.717, 1.165) is 30.8 Å². The molecule has 1 saturated heterocycles. The highest BCUT2D eigenvalue weighted by molar-refractivity contribution is 5.28. The average molecular weight is 207 g/mol. The van der Waals surface area contributed by atoms with Crippen molar-refractivity contribution in [3.8, 4) is 5.75 Å². The van der Waals surface area contributed by atoms with E-state index >= 15 is 0 Å². The lowest BCUT2D eigenvalue weighted by atomic mass is 10.2. The molecule has 0 amide bonds. The van der Waals surface area contributed by atoms with E-state index in [-0.39, 0.29) is 0 Å². The minimum Gasteiger partial charge on any atom is -0.489 e. The number of ether oxygens (including phenoxy) is 2. The standard InChI is InChI=1S/C12H17NO2/c1-14-9-10-3-2-4-11(7-10)15-12-5-6-13-8-12/h2-4,7,12-13H,5-6,8-9H2,1H3. The van der Waals surface area contributed by atoms with Gasteiger partial charge in [-0.05, 0) is 30.7 Å². The van der Waals surface area contributed by atoms with Crippen LogP contribution in [0.4, 0.5) is 0 Å². The maximum Gasteiger partial charge on any atom is 0.120 e. The van der Waals surface area contributed by atoms with Crippen LogP contribution in [0.15, 0.2) is 24.3 Å². The molecule has 3 nitrogen and oxygen atoms in total. The molecule has 82 valence electrons. The van der Waals surface area contributed by atoms with E-state index < -0.39 is 0 Å². The lowest BCUT2D eigenvalue weighted by molar-refractivity contribution is 0.183.